The predicted octanol–water partition coefficient (Wildman–Crippen LogP) is 7.71. The zero-order valence-corrected chi connectivity index (χ0v) is 26.2. The summed E-state index contributed by atoms with van der Waals surface area (Å²) in [6, 6.07) is 17.6. The molecular formula is C34H32N6O2Si. The van der Waals surface area contributed by atoms with E-state index in [1.165, 1.54) is 22.3 Å². The van der Waals surface area contributed by atoms with E-state index in [4.69, 9.17) is 8.85 Å². The van der Waals surface area contributed by atoms with E-state index in [9.17, 15) is 0 Å². The maximum atomic E-state index is 7.46. The Bertz CT molecular complexity index is 2030. The van der Waals surface area contributed by atoms with Gasteiger partial charge >= 0.3 is 8.56 Å². The first-order chi connectivity index (χ1) is 20.6. The second-order valence-corrected chi connectivity index (χ2v) is 18.8. The van der Waals surface area contributed by atoms with Gasteiger partial charge in [-0.05, 0) is 34.0 Å². The lowest BCUT2D eigenvalue weighted by atomic mass is 9.86. The summed E-state index contributed by atoms with van der Waals surface area (Å²) in [5, 5.41) is 21.5. The fourth-order valence-electron chi connectivity index (χ4n) is 7.93. The molecule has 4 aromatic carbocycles. The molecule has 0 saturated carbocycles. The highest BCUT2D eigenvalue weighted by molar-refractivity contribution is 6.75. The van der Waals surface area contributed by atoms with Gasteiger partial charge in [0.25, 0.3) is 0 Å². The molecule has 0 radical (unpaired) electrons. The molecule has 2 aromatic heterocycles. The molecule has 0 amide bonds. The van der Waals surface area contributed by atoms with Crippen LogP contribution in [0.15, 0.2) is 60.9 Å². The van der Waals surface area contributed by atoms with Crippen LogP contribution >= 0.6 is 0 Å². The van der Waals surface area contributed by atoms with Crippen LogP contribution in [0.25, 0.3) is 55.2 Å². The monoisotopic (exact) mass is 584 g/mol. The Morgan fingerprint density at radius 1 is 0.581 bits per heavy atom. The molecule has 0 spiro atoms. The first kappa shape index (κ1) is 25.0. The van der Waals surface area contributed by atoms with Crippen LogP contribution in [0.3, 0.4) is 0 Å². The van der Waals surface area contributed by atoms with Crippen LogP contribution in [0.5, 0.6) is 11.5 Å². The molecule has 6 aromatic rings. The van der Waals surface area contributed by atoms with Gasteiger partial charge in [-0.25, -0.2) is 9.36 Å². The zero-order chi connectivity index (χ0) is 29.5. The first-order valence-electron chi connectivity index (χ1n) is 14.9. The summed E-state index contributed by atoms with van der Waals surface area (Å²) in [5.41, 5.74) is 9.03. The fourth-order valence-corrected chi connectivity index (χ4v) is 12.4. The van der Waals surface area contributed by atoms with Gasteiger partial charge in [0, 0.05) is 43.1 Å². The van der Waals surface area contributed by atoms with Crippen LogP contribution in [-0.4, -0.2) is 38.5 Å². The Labute approximate surface area is 250 Å². The van der Waals surface area contributed by atoms with E-state index in [2.05, 4.69) is 111 Å². The van der Waals surface area contributed by atoms with Crippen molar-refractivity contribution in [1.29, 1.82) is 0 Å². The van der Waals surface area contributed by atoms with Crippen molar-refractivity contribution in [3.8, 4) is 45.1 Å². The Kier molecular flexibility index (Phi) is 4.60. The van der Waals surface area contributed by atoms with Crippen LogP contribution in [0.4, 0.5) is 0 Å². The third-order valence-corrected chi connectivity index (χ3v) is 14.6. The van der Waals surface area contributed by atoms with Crippen LogP contribution in [0.1, 0.15) is 52.7 Å². The zero-order valence-electron chi connectivity index (χ0n) is 25.2. The predicted molar refractivity (Wildman–Crippen MR) is 170 cm³/mol. The maximum absolute atomic E-state index is 7.46. The van der Waals surface area contributed by atoms with E-state index in [1.807, 2.05) is 21.8 Å². The van der Waals surface area contributed by atoms with Crippen molar-refractivity contribution in [1.82, 2.24) is 30.0 Å². The Hall–Kier alpha value is -4.50. The molecule has 0 aliphatic carbocycles. The molecule has 0 saturated heterocycles. The molecule has 214 valence electrons. The van der Waals surface area contributed by atoms with Gasteiger partial charge in [0.15, 0.2) is 0 Å². The molecule has 9 heteroatoms. The summed E-state index contributed by atoms with van der Waals surface area (Å²) in [6.45, 7) is 15.0. The van der Waals surface area contributed by atoms with Crippen molar-refractivity contribution in [3.05, 3.63) is 72.1 Å². The van der Waals surface area contributed by atoms with E-state index in [1.54, 1.807) is 0 Å². The number of fused-ring (bicyclic) bond motifs is 15. The molecule has 5 heterocycles. The number of aromatic nitrogens is 6. The largest absolute Gasteiger partial charge is 0.511 e. The van der Waals surface area contributed by atoms with Crippen molar-refractivity contribution in [3.63, 3.8) is 0 Å². The lowest BCUT2D eigenvalue weighted by Crippen LogP contribution is -2.62. The van der Waals surface area contributed by atoms with E-state index in [0.29, 0.717) is 13.1 Å². The molecule has 43 heavy (non-hydrogen) atoms. The Morgan fingerprint density at radius 3 is 1.42 bits per heavy atom. The highest BCUT2D eigenvalue weighted by Gasteiger charge is 2.63. The summed E-state index contributed by atoms with van der Waals surface area (Å²) >= 11 is 0. The van der Waals surface area contributed by atoms with E-state index in [0.717, 1.165) is 55.6 Å². The summed E-state index contributed by atoms with van der Waals surface area (Å²) in [6.07, 6.45) is 3.77. The first-order valence-corrected chi connectivity index (χ1v) is 16.7. The molecule has 3 aliphatic rings. The highest BCUT2D eigenvalue weighted by atomic mass is 28.4. The standard InChI is InChI=1S/C34H32N6O2Si/c1-33(2,3)43(34(4,5)6)41-25-13-11-19-7-9-21-17-39-23(15-35-37-39)27(21)29(19)31(25)32-26(42-43)14-12-20-8-10-22-18-40-24(16-36-38-40)28(22)30(20)32/h7-16H,17-18H2,1-6H3. The van der Waals surface area contributed by atoms with Gasteiger partial charge in [-0.3, -0.25) is 0 Å². The summed E-state index contributed by atoms with van der Waals surface area (Å²) in [7, 11) is -3.04. The van der Waals surface area contributed by atoms with Crippen molar-refractivity contribution in [2.24, 2.45) is 0 Å². The summed E-state index contributed by atoms with van der Waals surface area (Å²) in [4.78, 5) is 0. The van der Waals surface area contributed by atoms with E-state index in [-0.39, 0.29) is 10.1 Å². The third-order valence-electron chi connectivity index (χ3n) is 9.59. The molecule has 0 unspecified atom stereocenters. The van der Waals surface area contributed by atoms with Crippen LogP contribution in [0, 0.1) is 0 Å². The number of rotatable bonds is 0. The number of hydrogen-bond donors (Lipinski definition) is 0. The normalized spacial score (nSPS) is 16.0. The second-order valence-electron chi connectivity index (χ2n) is 14.1. The molecule has 0 N–H and O–H groups in total. The summed E-state index contributed by atoms with van der Waals surface area (Å²) in [5.74, 6) is 1.74. The maximum Gasteiger partial charge on any atom is 0.471 e. The van der Waals surface area contributed by atoms with Crippen molar-refractivity contribution in [2.75, 3.05) is 0 Å². The van der Waals surface area contributed by atoms with Gasteiger partial charge in [-0.1, -0.05) is 88.4 Å². The van der Waals surface area contributed by atoms with Crippen LogP contribution in [-0.2, 0) is 13.1 Å². The van der Waals surface area contributed by atoms with Crippen molar-refractivity contribution in [2.45, 2.75) is 64.7 Å². The average Bonchev–Trinajstić information content (AvgIpc) is 3.70. The van der Waals surface area contributed by atoms with Gasteiger partial charge in [-0.15, -0.1) is 10.2 Å². The quantitative estimate of drug-likeness (QED) is 0.170. The number of hydrogen-bond acceptors (Lipinski definition) is 6. The molecule has 3 aliphatic heterocycles. The molecule has 9 rings (SSSR count). The lowest BCUT2D eigenvalue weighted by Gasteiger charge is -2.47. The SMILES string of the molecule is CC(C)(C)[Si]1(C(C)(C)C)Oc2ccc3ccc4c(c3c2-c2c(ccc3ccc5c(c23)-c2cnnn2C5)O1)-c1cnnn1C4. The topological polar surface area (TPSA) is 79.9 Å². The minimum atomic E-state index is -3.04. The molecule has 0 bridgehead atoms. The number of benzene rings is 4. The van der Waals surface area contributed by atoms with Crippen molar-refractivity contribution >= 4 is 30.1 Å². The smallest absolute Gasteiger partial charge is 0.471 e. The highest BCUT2D eigenvalue weighted by Crippen LogP contribution is 2.60. The lowest BCUT2D eigenvalue weighted by molar-refractivity contribution is 0.299. The molecule has 0 atom stereocenters. The molecular weight excluding hydrogens is 553 g/mol. The van der Waals surface area contributed by atoms with Gasteiger partial charge in [-0.2, -0.15) is 0 Å². The fraction of sp³-hybridized carbons (Fsp3) is 0.294. The molecule has 0 fully saturated rings. The Morgan fingerprint density at radius 2 is 1.00 bits per heavy atom. The number of nitrogens with zero attached hydrogens (tertiary/aromatic N) is 6. The minimum absolute atomic E-state index is 0.240. The molecule has 8 nitrogen and oxygen atoms in total. The van der Waals surface area contributed by atoms with Crippen LogP contribution in [0.2, 0.25) is 10.1 Å². The van der Waals surface area contributed by atoms with E-state index >= 15 is 0 Å². The summed E-state index contributed by atoms with van der Waals surface area (Å²) < 4.78 is 18.9. The van der Waals surface area contributed by atoms with Gasteiger partial charge in [0.1, 0.15) is 11.5 Å². The van der Waals surface area contributed by atoms with Gasteiger partial charge in [0.2, 0.25) is 0 Å². The van der Waals surface area contributed by atoms with Crippen molar-refractivity contribution < 1.29 is 8.85 Å². The van der Waals surface area contributed by atoms with Gasteiger partial charge in [0.05, 0.1) is 36.9 Å². The second kappa shape index (κ2) is 7.90. The average molecular weight is 585 g/mol. The minimum Gasteiger partial charge on any atom is -0.511 e. The third kappa shape index (κ3) is 3.10. The van der Waals surface area contributed by atoms with Gasteiger partial charge < -0.3 is 8.85 Å². The van der Waals surface area contributed by atoms with E-state index < -0.39 is 8.56 Å². The Balaban J connectivity index is 1.51. The van der Waals surface area contributed by atoms with Crippen LogP contribution < -0.4 is 8.85 Å².